The molecule has 1 saturated heterocycles. The largest absolute Gasteiger partial charge is 0.337 e. The van der Waals surface area contributed by atoms with E-state index in [2.05, 4.69) is 4.99 Å². The highest BCUT2D eigenvalue weighted by atomic mass is 32.2. The van der Waals surface area contributed by atoms with E-state index in [1.54, 1.807) is 16.3 Å². The van der Waals surface area contributed by atoms with Crippen LogP contribution in [0.3, 0.4) is 0 Å². The fraction of sp³-hybridized carbons (Fsp3) is 0.105. The van der Waals surface area contributed by atoms with Crippen LogP contribution in [0, 0.1) is 0 Å². The highest BCUT2D eigenvalue weighted by molar-refractivity contribution is 8.12. The van der Waals surface area contributed by atoms with Crippen molar-refractivity contribution in [2.75, 3.05) is 7.05 Å². The maximum atomic E-state index is 13.1. The summed E-state index contributed by atoms with van der Waals surface area (Å²) < 4.78 is 1.55. The number of Topliss-reactive ketones (excluding diaryl/α,β-unsaturated/α-hetero) is 1. The van der Waals surface area contributed by atoms with Crippen LogP contribution in [-0.2, 0) is 0 Å². The maximum Gasteiger partial charge on any atom is 0.337 e. The number of carbonyl (C=O) groups excluding carboxylic acids is 2. The second-order valence-electron chi connectivity index (χ2n) is 6.09. The molecular weight excluding hydrogens is 334 g/mol. The van der Waals surface area contributed by atoms with Gasteiger partial charge in [0.1, 0.15) is 0 Å². The van der Waals surface area contributed by atoms with Crippen molar-refractivity contribution in [3.05, 3.63) is 76.9 Å². The molecule has 6 heteroatoms. The summed E-state index contributed by atoms with van der Waals surface area (Å²) in [5.74, 6) is -0.0467. The fourth-order valence-electron chi connectivity index (χ4n) is 3.57. The SMILES string of the molecule is CN1SC2=NC3=C(C(=O)c4ccccc43)C(c3ccccc3)N2C1=O. The lowest BCUT2D eigenvalue weighted by Crippen LogP contribution is -2.39. The zero-order valence-electron chi connectivity index (χ0n) is 13.3. The molecule has 1 atom stereocenters. The lowest BCUT2D eigenvalue weighted by Gasteiger charge is -2.30. The van der Waals surface area contributed by atoms with Crippen LogP contribution in [-0.4, -0.2) is 33.2 Å². The number of rotatable bonds is 1. The molecule has 122 valence electrons. The quantitative estimate of drug-likeness (QED) is 0.739. The molecule has 1 unspecified atom stereocenters. The molecule has 1 aliphatic carbocycles. The van der Waals surface area contributed by atoms with Gasteiger partial charge in [-0.1, -0.05) is 54.6 Å². The first-order valence-electron chi connectivity index (χ1n) is 7.93. The highest BCUT2D eigenvalue weighted by Gasteiger charge is 2.48. The molecule has 0 saturated carbocycles. The summed E-state index contributed by atoms with van der Waals surface area (Å²) >= 11 is 1.30. The minimum atomic E-state index is -0.450. The van der Waals surface area contributed by atoms with E-state index >= 15 is 0 Å². The molecule has 5 rings (SSSR count). The molecule has 2 aliphatic heterocycles. The summed E-state index contributed by atoms with van der Waals surface area (Å²) in [5, 5.41) is 0.615. The standard InChI is InChI=1S/C19H13N3O2S/c1-21-19(24)22-16(11-7-3-2-4-8-11)14-15(20-18(22)25-21)12-9-5-6-10-13(12)17(14)23/h2-10,16H,1H3. The summed E-state index contributed by atoms with van der Waals surface area (Å²) in [4.78, 5) is 32.1. The summed E-state index contributed by atoms with van der Waals surface area (Å²) in [6, 6.07) is 16.6. The highest BCUT2D eigenvalue weighted by Crippen LogP contribution is 2.49. The summed E-state index contributed by atoms with van der Waals surface area (Å²) in [6.45, 7) is 0. The molecule has 1 fully saturated rings. The number of urea groups is 1. The predicted octanol–water partition coefficient (Wildman–Crippen LogP) is 3.72. The minimum absolute atomic E-state index is 0.0467. The van der Waals surface area contributed by atoms with Crippen LogP contribution in [0.15, 0.2) is 65.2 Å². The topological polar surface area (TPSA) is 53.0 Å². The Labute approximate surface area is 148 Å². The van der Waals surface area contributed by atoms with Gasteiger partial charge in [0.25, 0.3) is 0 Å². The molecule has 0 aromatic heterocycles. The van der Waals surface area contributed by atoms with E-state index in [1.165, 1.54) is 11.9 Å². The van der Waals surface area contributed by atoms with Gasteiger partial charge in [0.2, 0.25) is 0 Å². The normalized spacial score (nSPS) is 21.3. The van der Waals surface area contributed by atoms with Gasteiger partial charge in [0.05, 0.1) is 17.3 Å². The Morgan fingerprint density at radius 1 is 0.960 bits per heavy atom. The van der Waals surface area contributed by atoms with Gasteiger partial charge in [-0.25, -0.2) is 9.79 Å². The first-order chi connectivity index (χ1) is 12.2. The third-order valence-corrected chi connectivity index (χ3v) is 5.56. The molecule has 5 nitrogen and oxygen atoms in total. The smallest absolute Gasteiger partial charge is 0.289 e. The van der Waals surface area contributed by atoms with Gasteiger partial charge >= 0.3 is 6.03 Å². The Kier molecular flexibility index (Phi) is 2.93. The van der Waals surface area contributed by atoms with Crippen molar-refractivity contribution in [1.29, 1.82) is 0 Å². The van der Waals surface area contributed by atoms with Gasteiger partial charge in [-0.15, -0.1) is 0 Å². The first-order valence-corrected chi connectivity index (χ1v) is 8.71. The van der Waals surface area contributed by atoms with Crippen LogP contribution in [0.1, 0.15) is 27.5 Å². The average molecular weight is 347 g/mol. The number of nitrogens with zero attached hydrogens (tertiary/aromatic N) is 3. The fourth-order valence-corrected chi connectivity index (χ4v) is 4.38. The second kappa shape index (κ2) is 5.07. The van der Waals surface area contributed by atoms with Gasteiger partial charge in [-0.05, 0) is 5.56 Å². The van der Waals surface area contributed by atoms with Crippen LogP contribution >= 0.6 is 11.9 Å². The number of aliphatic imine (C=N–C) groups is 1. The number of ketones is 1. The van der Waals surface area contributed by atoms with Gasteiger partial charge in [0.15, 0.2) is 11.0 Å². The molecule has 2 aromatic carbocycles. The van der Waals surface area contributed by atoms with Gasteiger partial charge < -0.3 is 0 Å². The van der Waals surface area contributed by atoms with E-state index in [0.29, 0.717) is 22.0 Å². The molecule has 2 amide bonds. The number of amidine groups is 1. The average Bonchev–Trinajstić information content (AvgIpc) is 3.09. The molecule has 0 spiro atoms. The van der Waals surface area contributed by atoms with E-state index in [0.717, 1.165) is 11.1 Å². The lowest BCUT2D eigenvalue weighted by atomic mass is 9.93. The van der Waals surface area contributed by atoms with Crippen molar-refractivity contribution in [1.82, 2.24) is 9.21 Å². The third kappa shape index (κ3) is 1.88. The van der Waals surface area contributed by atoms with E-state index in [-0.39, 0.29) is 11.8 Å². The van der Waals surface area contributed by atoms with Crippen molar-refractivity contribution < 1.29 is 9.59 Å². The molecule has 0 N–H and O–H groups in total. The van der Waals surface area contributed by atoms with E-state index in [9.17, 15) is 9.59 Å². The van der Waals surface area contributed by atoms with E-state index < -0.39 is 6.04 Å². The minimum Gasteiger partial charge on any atom is -0.289 e. The molecule has 0 bridgehead atoms. The van der Waals surface area contributed by atoms with Crippen molar-refractivity contribution in [3.63, 3.8) is 0 Å². The molecule has 2 heterocycles. The number of hydrogen-bond acceptors (Lipinski definition) is 4. The molecule has 3 aliphatic rings. The van der Waals surface area contributed by atoms with Gasteiger partial charge in [0, 0.05) is 30.1 Å². The molecule has 2 aromatic rings. The number of fused-ring (bicyclic) bond motifs is 3. The molecule has 0 radical (unpaired) electrons. The van der Waals surface area contributed by atoms with Crippen molar-refractivity contribution in [3.8, 4) is 0 Å². The Bertz CT molecular complexity index is 997. The van der Waals surface area contributed by atoms with E-state index in [1.807, 2.05) is 54.6 Å². The van der Waals surface area contributed by atoms with Crippen LogP contribution in [0.2, 0.25) is 0 Å². The van der Waals surface area contributed by atoms with Crippen molar-refractivity contribution in [2.45, 2.75) is 6.04 Å². The van der Waals surface area contributed by atoms with Crippen molar-refractivity contribution >= 4 is 34.6 Å². The second-order valence-corrected chi connectivity index (χ2v) is 7.18. The Balaban J connectivity index is 1.77. The lowest BCUT2D eigenvalue weighted by molar-refractivity contribution is 0.102. The number of amides is 2. The van der Waals surface area contributed by atoms with Crippen LogP contribution in [0.4, 0.5) is 4.79 Å². The Hall–Kier alpha value is -2.86. The summed E-state index contributed by atoms with van der Waals surface area (Å²) in [6.07, 6.45) is 0. The molecule has 25 heavy (non-hydrogen) atoms. The monoisotopic (exact) mass is 347 g/mol. The van der Waals surface area contributed by atoms with Gasteiger partial charge in [-0.2, -0.15) is 0 Å². The summed E-state index contributed by atoms with van der Waals surface area (Å²) in [5.41, 5.74) is 3.69. The maximum absolute atomic E-state index is 13.1. The van der Waals surface area contributed by atoms with Crippen LogP contribution in [0.25, 0.3) is 5.70 Å². The Morgan fingerprint density at radius 3 is 2.40 bits per heavy atom. The van der Waals surface area contributed by atoms with Crippen LogP contribution < -0.4 is 0 Å². The molecular formula is C19H13N3O2S. The van der Waals surface area contributed by atoms with E-state index in [4.69, 9.17) is 0 Å². The number of carbonyl (C=O) groups is 2. The first kappa shape index (κ1) is 14.5. The van der Waals surface area contributed by atoms with Crippen molar-refractivity contribution in [2.24, 2.45) is 4.99 Å². The zero-order valence-corrected chi connectivity index (χ0v) is 14.2. The zero-order chi connectivity index (χ0) is 17.1. The predicted molar refractivity (Wildman–Crippen MR) is 96.9 cm³/mol. The van der Waals surface area contributed by atoms with Crippen LogP contribution in [0.5, 0.6) is 0 Å². The Morgan fingerprint density at radius 2 is 1.64 bits per heavy atom. The number of benzene rings is 2. The van der Waals surface area contributed by atoms with Gasteiger partial charge in [-0.3, -0.25) is 14.0 Å². The third-order valence-electron chi connectivity index (χ3n) is 4.68. The summed E-state index contributed by atoms with van der Waals surface area (Å²) in [7, 11) is 1.72. The number of hydrogen-bond donors (Lipinski definition) is 0.